The van der Waals surface area contributed by atoms with Crippen LogP contribution in [0.15, 0.2) is 0 Å². The monoisotopic (exact) mass is 313 g/mol. The Bertz CT molecular complexity index is 275. The minimum Gasteiger partial charge on any atom is -0.462 e. The van der Waals surface area contributed by atoms with E-state index in [1.807, 2.05) is 0 Å². The van der Waals surface area contributed by atoms with Crippen LogP contribution >= 0.6 is 0 Å². The summed E-state index contributed by atoms with van der Waals surface area (Å²) in [5.41, 5.74) is 0. The van der Waals surface area contributed by atoms with E-state index >= 15 is 0 Å². The fourth-order valence-corrected chi connectivity index (χ4v) is 2.48. The highest BCUT2D eigenvalue weighted by Gasteiger charge is 2.15. The third-order valence-electron chi connectivity index (χ3n) is 3.91. The van der Waals surface area contributed by atoms with E-state index in [0.717, 1.165) is 51.0 Å². The second kappa shape index (κ2) is 12.9. The van der Waals surface area contributed by atoms with Gasteiger partial charge in [-0.2, -0.15) is 0 Å². The molecule has 0 amide bonds. The molecule has 0 aliphatic carbocycles. The van der Waals surface area contributed by atoms with Gasteiger partial charge < -0.3 is 9.64 Å². The fourth-order valence-electron chi connectivity index (χ4n) is 2.48. The van der Waals surface area contributed by atoms with Gasteiger partial charge in [-0.3, -0.25) is 4.79 Å². The number of esters is 1. The van der Waals surface area contributed by atoms with Gasteiger partial charge in [0.1, 0.15) is 6.10 Å². The van der Waals surface area contributed by atoms with Gasteiger partial charge >= 0.3 is 5.97 Å². The second-order valence-corrected chi connectivity index (χ2v) is 7.67. The summed E-state index contributed by atoms with van der Waals surface area (Å²) in [7, 11) is 4.13. The van der Waals surface area contributed by atoms with Gasteiger partial charge in [-0.05, 0) is 71.0 Å². The summed E-state index contributed by atoms with van der Waals surface area (Å²) < 4.78 is 5.74. The Morgan fingerprint density at radius 1 is 0.864 bits per heavy atom. The molecule has 0 aromatic rings. The lowest BCUT2D eigenvalue weighted by atomic mass is 9.99. The predicted molar refractivity (Wildman–Crippen MR) is 95.0 cm³/mol. The van der Waals surface area contributed by atoms with Crippen LogP contribution in [0.4, 0.5) is 0 Å². The van der Waals surface area contributed by atoms with Crippen molar-refractivity contribution in [1.29, 1.82) is 0 Å². The van der Waals surface area contributed by atoms with Crippen molar-refractivity contribution in [3.8, 4) is 0 Å². The maximum absolute atomic E-state index is 12.0. The largest absolute Gasteiger partial charge is 0.462 e. The van der Waals surface area contributed by atoms with Crippen molar-refractivity contribution in [2.24, 2.45) is 11.8 Å². The Kier molecular flexibility index (Phi) is 12.6. The Labute approximate surface area is 138 Å². The molecule has 0 radical (unpaired) electrons. The van der Waals surface area contributed by atoms with Crippen LogP contribution in [0.3, 0.4) is 0 Å². The second-order valence-electron chi connectivity index (χ2n) is 7.67. The highest BCUT2D eigenvalue weighted by Crippen LogP contribution is 2.18. The number of hydrogen-bond acceptors (Lipinski definition) is 3. The summed E-state index contributed by atoms with van der Waals surface area (Å²) in [6.07, 6.45) is 8.24. The van der Waals surface area contributed by atoms with Gasteiger partial charge in [0.15, 0.2) is 0 Å². The fraction of sp³-hybridized carbons (Fsp3) is 0.947. The predicted octanol–water partition coefficient (Wildman–Crippen LogP) is 4.89. The molecular weight excluding hydrogens is 274 g/mol. The molecule has 3 nitrogen and oxygen atoms in total. The Balaban J connectivity index is 4.04. The number of rotatable bonds is 13. The molecule has 1 atom stereocenters. The molecule has 132 valence electrons. The van der Waals surface area contributed by atoms with Crippen LogP contribution in [0.2, 0.25) is 0 Å². The topological polar surface area (TPSA) is 29.5 Å². The van der Waals surface area contributed by atoms with Crippen LogP contribution in [-0.4, -0.2) is 37.6 Å². The summed E-state index contributed by atoms with van der Waals surface area (Å²) >= 11 is 0. The van der Waals surface area contributed by atoms with E-state index in [0.29, 0.717) is 12.3 Å². The van der Waals surface area contributed by atoms with Gasteiger partial charge in [0, 0.05) is 6.42 Å². The first-order valence-corrected chi connectivity index (χ1v) is 9.15. The molecule has 0 spiro atoms. The molecule has 1 unspecified atom stereocenters. The Morgan fingerprint density at radius 3 is 2.05 bits per heavy atom. The molecule has 0 fully saturated rings. The van der Waals surface area contributed by atoms with Crippen LogP contribution in [0.5, 0.6) is 0 Å². The summed E-state index contributed by atoms with van der Waals surface area (Å²) in [5, 5.41) is 0. The van der Waals surface area contributed by atoms with Crippen molar-refractivity contribution in [3.63, 3.8) is 0 Å². The minimum absolute atomic E-state index is 0.00272. The van der Waals surface area contributed by atoms with E-state index in [1.165, 1.54) is 6.42 Å². The number of carbonyl (C=O) groups excluding carboxylic acids is 1. The van der Waals surface area contributed by atoms with E-state index in [9.17, 15) is 4.79 Å². The summed E-state index contributed by atoms with van der Waals surface area (Å²) in [5.74, 6) is 1.40. The normalized spacial score (nSPS) is 13.1. The van der Waals surface area contributed by atoms with Gasteiger partial charge in [0.25, 0.3) is 0 Å². The lowest BCUT2D eigenvalue weighted by Crippen LogP contribution is -2.19. The number of ether oxygens (including phenoxy) is 1. The third kappa shape index (κ3) is 14.4. The van der Waals surface area contributed by atoms with Crippen molar-refractivity contribution in [2.75, 3.05) is 20.6 Å². The maximum atomic E-state index is 12.0. The lowest BCUT2D eigenvalue weighted by Gasteiger charge is -2.19. The number of hydrogen-bond donors (Lipinski definition) is 0. The molecule has 0 rings (SSSR count). The molecule has 0 bridgehead atoms. The van der Waals surface area contributed by atoms with E-state index in [1.54, 1.807) is 0 Å². The molecule has 22 heavy (non-hydrogen) atoms. The number of unbranched alkanes of at least 4 members (excludes halogenated alkanes) is 1. The van der Waals surface area contributed by atoms with Crippen LogP contribution in [0.1, 0.15) is 79.1 Å². The summed E-state index contributed by atoms with van der Waals surface area (Å²) in [4.78, 5) is 14.2. The molecule has 0 aliphatic heterocycles. The van der Waals surface area contributed by atoms with Crippen molar-refractivity contribution in [1.82, 2.24) is 4.90 Å². The zero-order valence-corrected chi connectivity index (χ0v) is 15.9. The van der Waals surface area contributed by atoms with Gasteiger partial charge in [-0.25, -0.2) is 0 Å². The first kappa shape index (κ1) is 21.4. The summed E-state index contributed by atoms with van der Waals surface area (Å²) in [6.45, 7) is 10.0. The SMILES string of the molecule is CC(C)CCCC(CCC(C)C)OC(=O)CCCCN(C)C. The summed E-state index contributed by atoms with van der Waals surface area (Å²) in [6, 6.07) is 0. The van der Waals surface area contributed by atoms with E-state index in [-0.39, 0.29) is 12.1 Å². The number of carbonyl (C=O) groups is 1. The average Bonchev–Trinajstić information content (AvgIpc) is 2.40. The first-order valence-electron chi connectivity index (χ1n) is 9.15. The maximum Gasteiger partial charge on any atom is 0.306 e. The molecule has 0 saturated carbocycles. The standard InChI is InChI=1S/C19H39NO2/c1-16(2)10-9-11-18(14-13-17(3)4)22-19(21)12-7-8-15-20(5)6/h16-18H,7-15H2,1-6H3. The molecule has 0 saturated heterocycles. The average molecular weight is 314 g/mol. The van der Waals surface area contributed by atoms with Gasteiger partial charge in [-0.15, -0.1) is 0 Å². The van der Waals surface area contributed by atoms with Crippen LogP contribution < -0.4 is 0 Å². The highest BCUT2D eigenvalue weighted by atomic mass is 16.5. The molecule has 0 aromatic carbocycles. The smallest absolute Gasteiger partial charge is 0.306 e. The van der Waals surface area contributed by atoms with Crippen molar-refractivity contribution in [2.45, 2.75) is 85.2 Å². The van der Waals surface area contributed by atoms with Crippen LogP contribution in [0, 0.1) is 11.8 Å². The van der Waals surface area contributed by atoms with E-state index in [2.05, 4.69) is 46.7 Å². The van der Waals surface area contributed by atoms with E-state index in [4.69, 9.17) is 4.74 Å². The van der Waals surface area contributed by atoms with Crippen LogP contribution in [0.25, 0.3) is 0 Å². The van der Waals surface area contributed by atoms with Crippen molar-refractivity contribution < 1.29 is 9.53 Å². The van der Waals surface area contributed by atoms with Gasteiger partial charge in [0.2, 0.25) is 0 Å². The molecule has 3 heteroatoms. The van der Waals surface area contributed by atoms with Crippen molar-refractivity contribution in [3.05, 3.63) is 0 Å². The molecule has 0 heterocycles. The van der Waals surface area contributed by atoms with Gasteiger partial charge in [0.05, 0.1) is 0 Å². The Hall–Kier alpha value is -0.570. The third-order valence-corrected chi connectivity index (χ3v) is 3.91. The van der Waals surface area contributed by atoms with Crippen LogP contribution in [-0.2, 0) is 9.53 Å². The highest BCUT2D eigenvalue weighted by molar-refractivity contribution is 5.69. The molecule has 0 aliphatic rings. The quantitative estimate of drug-likeness (QED) is 0.358. The first-order chi connectivity index (χ1) is 10.3. The van der Waals surface area contributed by atoms with E-state index < -0.39 is 0 Å². The molecular formula is C19H39NO2. The lowest BCUT2D eigenvalue weighted by molar-refractivity contribution is -0.150. The number of nitrogens with zero attached hydrogens (tertiary/aromatic N) is 1. The zero-order valence-electron chi connectivity index (χ0n) is 15.9. The molecule has 0 N–H and O–H groups in total. The van der Waals surface area contributed by atoms with Crippen molar-refractivity contribution >= 4 is 5.97 Å². The zero-order chi connectivity index (χ0) is 17.0. The van der Waals surface area contributed by atoms with Gasteiger partial charge in [-0.1, -0.05) is 34.1 Å². The Morgan fingerprint density at radius 2 is 1.50 bits per heavy atom. The molecule has 0 aromatic heterocycles. The minimum atomic E-state index is -0.00272.